The zero-order valence-corrected chi connectivity index (χ0v) is 28.1. The molecule has 5 aliphatic rings. The summed E-state index contributed by atoms with van der Waals surface area (Å²) in [5.74, 6) is -0.915. The first-order chi connectivity index (χ1) is 20.4. The third kappa shape index (κ3) is 4.90. The third-order valence-electron chi connectivity index (χ3n) is 14.9. The number of rotatable bonds is 8. The molecule has 0 bridgehead atoms. The highest BCUT2D eigenvalue weighted by Crippen LogP contribution is 2.77. The number of ether oxygens (including phenoxy) is 2. The van der Waals surface area contributed by atoms with Gasteiger partial charge < -0.3 is 19.7 Å². The summed E-state index contributed by atoms with van der Waals surface area (Å²) in [6.07, 6.45) is 8.93. The molecule has 0 aromatic rings. The number of carboxylic acids is 2. The van der Waals surface area contributed by atoms with Crippen LogP contribution in [0, 0.1) is 62.6 Å². The minimum Gasteiger partial charge on any atom is -0.481 e. The van der Waals surface area contributed by atoms with Crippen molar-refractivity contribution < 1.29 is 38.9 Å². The van der Waals surface area contributed by atoms with E-state index in [2.05, 4.69) is 41.5 Å². The molecule has 0 aromatic carbocycles. The molecule has 0 saturated heterocycles. The van der Waals surface area contributed by atoms with Gasteiger partial charge in [-0.1, -0.05) is 41.5 Å². The molecule has 0 spiro atoms. The zero-order valence-electron chi connectivity index (χ0n) is 28.1. The maximum atomic E-state index is 13.1. The lowest BCUT2D eigenvalue weighted by Crippen LogP contribution is -2.67. The number of esters is 2. The summed E-state index contributed by atoms with van der Waals surface area (Å²) in [7, 11) is 0. The van der Waals surface area contributed by atoms with E-state index in [1.165, 1.54) is 6.92 Å². The highest BCUT2D eigenvalue weighted by atomic mass is 16.5. The van der Waals surface area contributed by atoms with Crippen LogP contribution in [0.3, 0.4) is 0 Å². The molecule has 5 rings (SSSR count). The van der Waals surface area contributed by atoms with Gasteiger partial charge in [-0.05, 0) is 116 Å². The Hall–Kier alpha value is -2.12. The fourth-order valence-electron chi connectivity index (χ4n) is 12.7. The van der Waals surface area contributed by atoms with Gasteiger partial charge in [-0.2, -0.15) is 0 Å². The summed E-state index contributed by atoms with van der Waals surface area (Å²) in [4.78, 5) is 48.3. The van der Waals surface area contributed by atoms with Crippen molar-refractivity contribution in [1.82, 2.24) is 0 Å². The molecule has 8 nitrogen and oxygen atoms in total. The molecule has 5 fully saturated rings. The number of hydrogen-bond acceptors (Lipinski definition) is 6. The average Bonchev–Trinajstić information content (AvgIpc) is 3.33. The molecule has 0 heterocycles. The Bertz CT molecular complexity index is 1180. The Morgan fingerprint density at radius 2 is 1.50 bits per heavy atom. The minimum atomic E-state index is -1.02. The van der Waals surface area contributed by atoms with Gasteiger partial charge in [0.25, 0.3) is 0 Å². The van der Waals surface area contributed by atoms with Gasteiger partial charge in [0.15, 0.2) is 0 Å². The van der Waals surface area contributed by atoms with Crippen LogP contribution in [0.4, 0.5) is 0 Å². The number of aliphatic carboxylic acids is 2. The van der Waals surface area contributed by atoms with Crippen LogP contribution < -0.4 is 0 Å². The van der Waals surface area contributed by atoms with Crippen molar-refractivity contribution in [2.45, 2.75) is 132 Å². The van der Waals surface area contributed by atoms with Gasteiger partial charge in [0, 0.05) is 12.3 Å². The van der Waals surface area contributed by atoms with Crippen LogP contribution in [-0.2, 0) is 28.7 Å². The van der Waals surface area contributed by atoms with Crippen molar-refractivity contribution in [2.24, 2.45) is 62.6 Å². The predicted octanol–water partition coefficient (Wildman–Crippen LogP) is 7.13. The molecule has 248 valence electrons. The maximum absolute atomic E-state index is 13.1. The molecule has 0 aromatic heterocycles. The van der Waals surface area contributed by atoms with Gasteiger partial charge in [-0.3, -0.25) is 19.2 Å². The van der Waals surface area contributed by atoms with Crippen LogP contribution >= 0.6 is 0 Å². The van der Waals surface area contributed by atoms with E-state index in [0.29, 0.717) is 24.7 Å². The van der Waals surface area contributed by atoms with E-state index in [1.807, 2.05) is 0 Å². The summed E-state index contributed by atoms with van der Waals surface area (Å²) < 4.78 is 11.4. The Morgan fingerprint density at radius 3 is 2.14 bits per heavy atom. The molecular formula is C36H56O8. The number of fused-ring (bicyclic) bond motifs is 7. The summed E-state index contributed by atoms with van der Waals surface area (Å²) in [6, 6.07) is 0. The average molecular weight is 617 g/mol. The lowest BCUT2D eigenvalue weighted by atomic mass is 9.32. The molecule has 2 N–H and O–H groups in total. The van der Waals surface area contributed by atoms with E-state index < -0.39 is 23.3 Å². The summed E-state index contributed by atoms with van der Waals surface area (Å²) in [5, 5.41) is 19.7. The maximum Gasteiger partial charge on any atom is 0.309 e. The Labute approximate surface area is 263 Å². The zero-order chi connectivity index (χ0) is 32.5. The number of carboxylic acid groups (broad SMARTS) is 2. The van der Waals surface area contributed by atoms with Crippen LogP contribution in [0.1, 0.15) is 126 Å². The van der Waals surface area contributed by atoms with Crippen LogP contribution in [0.25, 0.3) is 0 Å². The number of carbonyl (C=O) groups excluding carboxylic acids is 2. The lowest BCUT2D eigenvalue weighted by molar-refractivity contribution is -0.251. The topological polar surface area (TPSA) is 127 Å². The largest absolute Gasteiger partial charge is 0.481 e. The summed E-state index contributed by atoms with van der Waals surface area (Å²) in [5.41, 5.74) is -0.614. The third-order valence-corrected chi connectivity index (χ3v) is 14.9. The second kappa shape index (κ2) is 11.3. The second-order valence-electron chi connectivity index (χ2n) is 16.9. The molecule has 44 heavy (non-hydrogen) atoms. The van der Waals surface area contributed by atoms with Crippen molar-refractivity contribution >= 4 is 23.9 Å². The van der Waals surface area contributed by atoms with Gasteiger partial charge in [-0.25, -0.2) is 0 Å². The van der Waals surface area contributed by atoms with Gasteiger partial charge >= 0.3 is 23.9 Å². The monoisotopic (exact) mass is 616 g/mol. The quantitative estimate of drug-likeness (QED) is 0.276. The second-order valence-corrected chi connectivity index (χ2v) is 16.9. The van der Waals surface area contributed by atoms with Crippen molar-refractivity contribution in [3.8, 4) is 0 Å². The van der Waals surface area contributed by atoms with Crippen LogP contribution in [0.2, 0.25) is 0 Å². The first kappa shape index (κ1) is 33.2. The first-order valence-electron chi connectivity index (χ1n) is 17.2. The Balaban J connectivity index is 1.42. The van der Waals surface area contributed by atoms with Crippen molar-refractivity contribution in [2.75, 3.05) is 6.61 Å². The molecule has 11 atom stereocenters. The molecule has 8 heteroatoms. The van der Waals surface area contributed by atoms with E-state index >= 15 is 0 Å². The smallest absolute Gasteiger partial charge is 0.309 e. The van der Waals surface area contributed by atoms with Gasteiger partial charge in [0.1, 0.15) is 6.10 Å². The van der Waals surface area contributed by atoms with Crippen LogP contribution in [0.5, 0.6) is 0 Å². The minimum absolute atomic E-state index is 0.00482. The molecular weight excluding hydrogens is 560 g/mol. The molecule has 5 unspecified atom stereocenters. The van der Waals surface area contributed by atoms with E-state index in [-0.39, 0.29) is 76.9 Å². The molecule has 0 aliphatic heterocycles. The van der Waals surface area contributed by atoms with Crippen molar-refractivity contribution in [3.63, 3.8) is 0 Å². The normalized spacial score (nSPS) is 44.6. The Kier molecular flexibility index (Phi) is 8.53. The lowest BCUT2D eigenvalue weighted by Gasteiger charge is -2.72. The number of carbonyl (C=O) groups is 4. The van der Waals surface area contributed by atoms with E-state index in [1.54, 1.807) is 0 Å². The molecule has 5 aliphatic carbocycles. The fourth-order valence-corrected chi connectivity index (χ4v) is 12.7. The highest BCUT2D eigenvalue weighted by molar-refractivity contribution is 5.77. The molecule has 0 radical (unpaired) electrons. The van der Waals surface area contributed by atoms with Crippen LogP contribution in [0.15, 0.2) is 0 Å². The van der Waals surface area contributed by atoms with Crippen LogP contribution in [-0.4, -0.2) is 46.8 Å². The predicted molar refractivity (Wildman–Crippen MR) is 164 cm³/mol. The number of hydrogen-bond donors (Lipinski definition) is 2. The highest BCUT2D eigenvalue weighted by Gasteiger charge is 2.72. The molecule has 5 saturated carbocycles. The van der Waals surface area contributed by atoms with Gasteiger partial charge in [-0.15, -0.1) is 0 Å². The molecule has 0 amide bonds. The van der Waals surface area contributed by atoms with E-state index in [4.69, 9.17) is 14.6 Å². The van der Waals surface area contributed by atoms with Crippen molar-refractivity contribution in [3.05, 3.63) is 0 Å². The van der Waals surface area contributed by atoms with Crippen molar-refractivity contribution in [1.29, 1.82) is 0 Å². The SMILES string of the molecule is CC(=O)O[C@@H]1CC[C@@]2(C)C(CC[C@]3(C)C2CCC2C4[C@H](C(C)COC(=O)CCC(=O)O)CC[C@]4(C(=O)O)CC[C@]23C)C1(C)C. The van der Waals surface area contributed by atoms with Gasteiger partial charge in [0.05, 0.1) is 24.9 Å². The van der Waals surface area contributed by atoms with Gasteiger partial charge in [0.2, 0.25) is 0 Å². The fraction of sp³-hybridized carbons (Fsp3) is 0.889. The standard InChI is InChI=1S/C36H56O8/c1-21(20-43-29(40)11-10-28(38)39)23-12-17-36(31(41)42)19-18-34(6)24(30(23)36)8-9-26-33(5)15-14-27(44-22(2)37)32(3,4)25(33)13-16-35(26,34)7/h21,23-27,30H,8-20H2,1-7H3,(H,38,39)(H,41,42)/t21?,23-,24?,25?,26?,27+,30?,33-,34+,35+,36-/m0/s1. The van der Waals surface area contributed by atoms with E-state index in [0.717, 1.165) is 51.4 Å². The summed E-state index contributed by atoms with van der Waals surface area (Å²) in [6.45, 7) is 15.9. The summed E-state index contributed by atoms with van der Waals surface area (Å²) >= 11 is 0. The van der Waals surface area contributed by atoms with E-state index in [9.17, 15) is 24.3 Å². The Morgan fingerprint density at radius 1 is 0.795 bits per heavy atom. The first-order valence-corrected chi connectivity index (χ1v) is 17.2.